The zero-order valence-corrected chi connectivity index (χ0v) is 16.2. The summed E-state index contributed by atoms with van der Waals surface area (Å²) >= 11 is 0. The lowest BCUT2D eigenvalue weighted by molar-refractivity contribution is -0.185. The van der Waals surface area contributed by atoms with Gasteiger partial charge >= 0.3 is 0 Å². The molecule has 2 aliphatic heterocycles. The molecule has 13 heteroatoms. The Kier molecular flexibility index (Phi) is 5.81. The van der Waals surface area contributed by atoms with Gasteiger partial charge in [-0.3, -0.25) is 9.69 Å². The molecule has 2 aromatic heterocycles. The number of H-pyrrole nitrogens is 1. The van der Waals surface area contributed by atoms with E-state index in [0.717, 1.165) is 0 Å². The first-order valence-electron chi connectivity index (χ1n) is 9.60. The van der Waals surface area contributed by atoms with Crippen molar-refractivity contribution in [3.05, 3.63) is 12.7 Å². The number of hydrogen-bond acceptors (Lipinski definition) is 11. The minimum atomic E-state index is -1.43. The highest BCUT2D eigenvalue weighted by atomic mass is 16.5. The number of rotatable bonds is 5. The van der Waals surface area contributed by atoms with Crippen molar-refractivity contribution in [2.45, 2.75) is 49.1 Å². The molecule has 164 valence electrons. The molecule has 30 heavy (non-hydrogen) atoms. The Morgan fingerprint density at radius 3 is 2.80 bits per heavy atom. The molecule has 1 amide bonds. The fourth-order valence-corrected chi connectivity index (χ4v) is 3.97. The van der Waals surface area contributed by atoms with Gasteiger partial charge in [0.25, 0.3) is 0 Å². The molecule has 2 saturated heterocycles. The number of aliphatic hydroxyl groups excluding tert-OH is 4. The standard InChI is InChI=1S/C17H25N7O6/c1-24-3-7(26)2-8(24)16(29)22-10-9(4-25)30-17(13(28)12(10)27)23-15-11-14(19-5-18-11)20-6-21-15/h5-10,12-13,17,25-28H,2-4H2,1H3,(H,22,29)(H2,18,19,20,21,23)/t7-,8+,9-,10-,12+,13-,17-/m0/s1. The van der Waals surface area contributed by atoms with Crippen LogP contribution in [0.3, 0.4) is 0 Å². The molecule has 0 aromatic carbocycles. The summed E-state index contributed by atoms with van der Waals surface area (Å²) < 4.78 is 5.73. The molecule has 0 spiro atoms. The van der Waals surface area contributed by atoms with Crippen molar-refractivity contribution in [1.82, 2.24) is 30.2 Å². The lowest BCUT2D eigenvalue weighted by Crippen LogP contribution is -2.66. The largest absolute Gasteiger partial charge is 0.394 e. The molecule has 4 heterocycles. The smallest absolute Gasteiger partial charge is 0.237 e. The minimum absolute atomic E-state index is 0.260. The molecule has 7 atom stereocenters. The number of aliphatic hydroxyl groups is 4. The van der Waals surface area contributed by atoms with Crippen molar-refractivity contribution in [2.24, 2.45) is 0 Å². The van der Waals surface area contributed by atoms with Crippen molar-refractivity contribution in [2.75, 3.05) is 25.5 Å². The lowest BCUT2D eigenvalue weighted by atomic mass is 9.95. The third-order valence-corrected chi connectivity index (χ3v) is 5.57. The van der Waals surface area contributed by atoms with Crippen LogP contribution in [0, 0.1) is 0 Å². The average molecular weight is 423 g/mol. The average Bonchev–Trinajstić information content (AvgIpc) is 3.33. The maximum absolute atomic E-state index is 12.6. The summed E-state index contributed by atoms with van der Waals surface area (Å²) in [7, 11) is 1.71. The van der Waals surface area contributed by atoms with E-state index in [9.17, 15) is 25.2 Å². The van der Waals surface area contributed by atoms with Gasteiger partial charge in [-0.25, -0.2) is 15.0 Å². The second-order valence-corrected chi connectivity index (χ2v) is 7.61. The number of anilines is 1. The predicted molar refractivity (Wildman–Crippen MR) is 102 cm³/mol. The highest BCUT2D eigenvalue weighted by Gasteiger charge is 2.46. The quantitative estimate of drug-likeness (QED) is 0.256. The topological polar surface area (TPSA) is 189 Å². The molecule has 2 aliphatic rings. The maximum Gasteiger partial charge on any atom is 0.237 e. The maximum atomic E-state index is 12.6. The van der Waals surface area contributed by atoms with Crippen LogP contribution >= 0.6 is 0 Å². The number of likely N-dealkylation sites (tertiary alicyclic amines) is 1. The number of fused-ring (bicyclic) bond motifs is 1. The summed E-state index contributed by atoms with van der Waals surface area (Å²) in [4.78, 5) is 29.3. The number of amides is 1. The summed E-state index contributed by atoms with van der Waals surface area (Å²) in [5, 5.41) is 46.3. The molecule has 13 nitrogen and oxygen atoms in total. The van der Waals surface area contributed by atoms with Gasteiger partial charge in [0.1, 0.15) is 30.2 Å². The molecule has 0 saturated carbocycles. The van der Waals surface area contributed by atoms with E-state index in [1.807, 2.05) is 0 Å². The first kappa shape index (κ1) is 20.8. The van der Waals surface area contributed by atoms with Crippen LogP contribution in [0.2, 0.25) is 0 Å². The molecule has 0 radical (unpaired) electrons. The number of nitrogens with one attached hydrogen (secondary N) is 3. The molecular weight excluding hydrogens is 398 g/mol. The Morgan fingerprint density at radius 2 is 2.10 bits per heavy atom. The van der Waals surface area contributed by atoms with Crippen LogP contribution in [0.5, 0.6) is 0 Å². The zero-order chi connectivity index (χ0) is 21.4. The Morgan fingerprint density at radius 1 is 1.30 bits per heavy atom. The van der Waals surface area contributed by atoms with E-state index in [0.29, 0.717) is 23.5 Å². The number of aromatic nitrogens is 4. The van der Waals surface area contributed by atoms with Gasteiger partial charge in [-0.15, -0.1) is 0 Å². The molecule has 0 unspecified atom stereocenters. The minimum Gasteiger partial charge on any atom is -0.394 e. The van der Waals surface area contributed by atoms with Gasteiger partial charge in [0.2, 0.25) is 5.91 Å². The molecular formula is C17H25N7O6. The predicted octanol–water partition coefficient (Wildman–Crippen LogP) is -3.25. The SMILES string of the molecule is CN1C[C@@H](O)C[C@@H]1C(=O)N[C@@H]1[C@@H](O)[C@H](O)[C@@H](Nc2ncnc3nc[nH]c23)O[C@H]1CO. The van der Waals surface area contributed by atoms with Crippen molar-refractivity contribution >= 4 is 22.9 Å². The van der Waals surface area contributed by atoms with E-state index in [1.165, 1.54) is 12.7 Å². The number of carbonyl (C=O) groups excluding carboxylic acids is 1. The van der Waals surface area contributed by atoms with E-state index in [-0.39, 0.29) is 6.42 Å². The summed E-state index contributed by atoms with van der Waals surface area (Å²) in [6, 6.07) is -1.62. The Bertz CT molecular complexity index is 894. The molecule has 2 fully saturated rings. The lowest BCUT2D eigenvalue weighted by Gasteiger charge is -2.43. The van der Waals surface area contributed by atoms with Gasteiger partial charge in [0.15, 0.2) is 17.7 Å². The normalized spacial score (nSPS) is 34.9. The first-order chi connectivity index (χ1) is 14.4. The van der Waals surface area contributed by atoms with Gasteiger partial charge < -0.3 is 40.8 Å². The Labute approximate surface area is 171 Å². The van der Waals surface area contributed by atoms with E-state index in [2.05, 4.69) is 30.6 Å². The molecule has 2 aromatic rings. The third kappa shape index (κ3) is 3.82. The van der Waals surface area contributed by atoms with E-state index >= 15 is 0 Å². The number of carbonyl (C=O) groups is 1. The number of hydrogen-bond donors (Lipinski definition) is 7. The van der Waals surface area contributed by atoms with Crippen molar-refractivity contribution in [3.8, 4) is 0 Å². The summed E-state index contributed by atoms with van der Waals surface area (Å²) in [5.41, 5.74) is 0.895. The number of imidazole rings is 1. The van der Waals surface area contributed by atoms with Crippen LogP contribution in [-0.4, -0.2) is 114 Å². The number of likely N-dealkylation sites (N-methyl/N-ethyl adjacent to an activating group) is 1. The van der Waals surface area contributed by atoms with E-state index in [4.69, 9.17) is 4.74 Å². The Balaban J connectivity index is 1.47. The van der Waals surface area contributed by atoms with Crippen molar-refractivity contribution in [3.63, 3.8) is 0 Å². The highest BCUT2D eigenvalue weighted by Crippen LogP contribution is 2.25. The van der Waals surface area contributed by atoms with Gasteiger partial charge in [-0.2, -0.15) is 0 Å². The molecule has 4 rings (SSSR count). The van der Waals surface area contributed by atoms with Gasteiger partial charge in [-0.05, 0) is 13.5 Å². The van der Waals surface area contributed by atoms with Crippen LogP contribution in [0.4, 0.5) is 5.82 Å². The summed E-state index contributed by atoms with van der Waals surface area (Å²) in [6.45, 7) is -0.139. The van der Waals surface area contributed by atoms with Crippen LogP contribution in [-0.2, 0) is 9.53 Å². The molecule has 0 bridgehead atoms. The van der Waals surface area contributed by atoms with Crippen LogP contribution < -0.4 is 10.6 Å². The highest BCUT2D eigenvalue weighted by molar-refractivity contribution is 5.83. The second kappa shape index (κ2) is 8.37. The second-order valence-electron chi connectivity index (χ2n) is 7.61. The van der Waals surface area contributed by atoms with Crippen molar-refractivity contribution < 1.29 is 30.0 Å². The van der Waals surface area contributed by atoms with Crippen LogP contribution in [0.15, 0.2) is 12.7 Å². The van der Waals surface area contributed by atoms with Gasteiger partial charge in [0, 0.05) is 6.54 Å². The Hall–Kier alpha value is -2.42. The zero-order valence-electron chi connectivity index (χ0n) is 16.2. The fraction of sp³-hybridized carbons (Fsp3) is 0.647. The van der Waals surface area contributed by atoms with Gasteiger partial charge in [-0.1, -0.05) is 0 Å². The fourth-order valence-electron chi connectivity index (χ4n) is 3.97. The number of β-amino-alcohol motifs (C(OH)–C–C–N with tert-alkyl or cyclic N) is 1. The summed E-state index contributed by atoms with van der Waals surface area (Å²) in [5.74, 6) is -0.122. The number of ether oxygens (including phenoxy) is 1. The van der Waals surface area contributed by atoms with Crippen molar-refractivity contribution in [1.29, 1.82) is 0 Å². The molecule has 7 N–H and O–H groups in total. The molecule has 0 aliphatic carbocycles. The van der Waals surface area contributed by atoms with Crippen LogP contribution in [0.25, 0.3) is 11.2 Å². The monoisotopic (exact) mass is 423 g/mol. The number of aromatic amines is 1. The number of nitrogens with zero attached hydrogens (tertiary/aromatic N) is 4. The van der Waals surface area contributed by atoms with Gasteiger partial charge in [0.05, 0.1) is 31.1 Å². The third-order valence-electron chi connectivity index (χ3n) is 5.57. The summed E-state index contributed by atoms with van der Waals surface area (Å²) in [6.07, 6.45) is -2.57. The first-order valence-corrected chi connectivity index (χ1v) is 9.60. The van der Waals surface area contributed by atoms with E-state index in [1.54, 1.807) is 11.9 Å². The van der Waals surface area contributed by atoms with E-state index < -0.39 is 55.2 Å². The van der Waals surface area contributed by atoms with Crippen LogP contribution in [0.1, 0.15) is 6.42 Å².